The Morgan fingerprint density at radius 3 is 2.36 bits per heavy atom. The highest BCUT2D eigenvalue weighted by Gasteiger charge is 2.24. The summed E-state index contributed by atoms with van der Waals surface area (Å²) in [7, 11) is 3.05. The van der Waals surface area contributed by atoms with Crippen molar-refractivity contribution in [3.05, 3.63) is 45.8 Å². The zero-order valence-corrected chi connectivity index (χ0v) is 16.6. The fourth-order valence-corrected chi connectivity index (χ4v) is 4.19. The van der Waals surface area contributed by atoms with Crippen molar-refractivity contribution in [3.63, 3.8) is 0 Å². The van der Waals surface area contributed by atoms with Crippen LogP contribution in [-0.4, -0.2) is 47.7 Å². The smallest absolute Gasteiger partial charge is 0.264 e. The average Bonchev–Trinajstić information content (AvgIpc) is 3.28. The van der Waals surface area contributed by atoms with Crippen molar-refractivity contribution >= 4 is 28.0 Å². The molecule has 8 heteroatoms. The molecule has 0 N–H and O–H groups in total. The van der Waals surface area contributed by atoms with Crippen LogP contribution in [0.25, 0.3) is 15.9 Å². The second kappa shape index (κ2) is 7.63. The second-order valence-electron chi connectivity index (χ2n) is 6.64. The number of aromatic nitrogens is 2. The fourth-order valence-electron chi connectivity index (χ4n) is 3.58. The van der Waals surface area contributed by atoms with Crippen LogP contribution in [0.2, 0.25) is 0 Å². The van der Waals surface area contributed by atoms with Gasteiger partial charge in [0, 0.05) is 36.2 Å². The fraction of sp³-hybridized carbons (Fsp3) is 0.350. The number of hydrogen-bond acceptors (Lipinski definition) is 6. The third-order valence-electron chi connectivity index (χ3n) is 5.02. The monoisotopic (exact) mass is 399 g/mol. The lowest BCUT2D eigenvalue weighted by atomic mass is 10.0. The molecule has 3 aromatic rings. The number of rotatable bonds is 4. The van der Waals surface area contributed by atoms with E-state index >= 15 is 0 Å². The Labute approximate surface area is 166 Å². The minimum atomic E-state index is -0.249. The first-order valence-corrected chi connectivity index (χ1v) is 10.0. The zero-order chi connectivity index (χ0) is 19.7. The Bertz CT molecular complexity index is 1070. The minimum absolute atomic E-state index is 0.0813. The van der Waals surface area contributed by atoms with Crippen molar-refractivity contribution in [2.24, 2.45) is 0 Å². The first-order chi connectivity index (χ1) is 13.6. The van der Waals surface area contributed by atoms with E-state index in [-0.39, 0.29) is 11.5 Å². The number of carbonyl (C=O) groups is 1. The summed E-state index contributed by atoms with van der Waals surface area (Å²) in [5.74, 6) is 0.844. The number of pyridine rings is 1. The normalized spacial score (nSPS) is 14.3. The lowest BCUT2D eigenvalue weighted by Crippen LogP contribution is -2.36. The molecule has 28 heavy (non-hydrogen) atoms. The Morgan fingerprint density at radius 2 is 1.75 bits per heavy atom. The van der Waals surface area contributed by atoms with Crippen molar-refractivity contribution in [1.82, 2.24) is 14.5 Å². The SMILES string of the molecule is COc1cc2c(C(=O)N3CCCCC3)cn(-c3nccs3)c(=O)c2cc1OC. The number of amides is 1. The highest BCUT2D eigenvalue weighted by Crippen LogP contribution is 2.33. The maximum atomic E-state index is 13.3. The van der Waals surface area contributed by atoms with E-state index in [0.29, 0.717) is 33.0 Å². The topological polar surface area (TPSA) is 73.7 Å². The molecule has 0 atom stereocenters. The van der Waals surface area contributed by atoms with Crippen molar-refractivity contribution in [2.75, 3.05) is 27.3 Å². The molecule has 4 rings (SSSR count). The first kappa shape index (κ1) is 18.5. The molecule has 7 nitrogen and oxygen atoms in total. The van der Waals surface area contributed by atoms with Gasteiger partial charge in [-0.15, -0.1) is 11.3 Å². The summed E-state index contributed by atoms with van der Waals surface area (Å²) >= 11 is 1.34. The Balaban J connectivity index is 1.99. The molecule has 1 amide bonds. The molecule has 0 spiro atoms. The zero-order valence-electron chi connectivity index (χ0n) is 15.8. The first-order valence-electron chi connectivity index (χ1n) is 9.14. The van der Waals surface area contributed by atoms with Gasteiger partial charge < -0.3 is 14.4 Å². The van der Waals surface area contributed by atoms with Crippen molar-refractivity contribution in [2.45, 2.75) is 19.3 Å². The number of methoxy groups -OCH3 is 2. The van der Waals surface area contributed by atoms with Gasteiger partial charge in [-0.3, -0.25) is 14.2 Å². The quantitative estimate of drug-likeness (QED) is 0.674. The molecule has 0 radical (unpaired) electrons. The summed E-state index contributed by atoms with van der Waals surface area (Å²) in [6, 6.07) is 3.34. The van der Waals surface area contributed by atoms with Gasteiger partial charge in [0.25, 0.3) is 11.5 Å². The molecule has 0 bridgehead atoms. The van der Waals surface area contributed by atoms with E-state index in [4.69, 9.17) is 9.47 Å². The summed E-state index contributed by atoms with van der Waals surface area (Å²) in [4.78, 5) is 32.6. The van der Waals surface area contributed by atoms with Crippen LogP contribution >= 0.6 is 11.3 Å². The average molecular weight is 399 g/mol. The van der Waals surface area contributed by atoms with E-state index in [1.807, 2.05) is 4.90 Å². The van der Waals surface area contributed by atoms with Gasteiger partial charge in [0.05, 0.1) is 25.2 Å². The summed E-state index contributed by atoms with van der Waals surface area (Å²) in [5.41, 5.74) is 0.216. The molecular weight excluding hydrogens is 378 g/mol. The highest BCUT2D eigenvalue weighted by molar-refractivity contribution is 7.12. The molecule has 0 aliphatic carbocycles. The molecule has 0 saturated carbocycles. The van der Waals surface area contributed by atoms with E-state index in [1.165, 1.54) is 30.1 Å². The van der Waals surface area contributed by atoms with Crippen LogP contribution in [0.3, 0.4) is 0 Å². The standard InChI is InChI=1S/C20H21N3O4S/c1-26-16-10-13-14(11-17(16)27-2)19(25)23(20-21-6-9-28-20)12-15(13)18(24)22-7-4-3-5-8-22/h6,9-12H,3-5,7-8H2,1-2H3. The highest BCUT2D eigenvalue weighted by atomic mass is 32.1. The van der Waals surface area contributed by atoms with Gasteiger partial charge in [0.1, 0.15) is 0 Å². The van der Waals surface area contributed by atoms with Crippen LogP contribution in [0.5, 0.6) is 11.5 Å². The van der Waals surface area contributed by atoms with E-state index in [2.05, 4.69) is 4.98 Å². The molecule has 1 aliphatic rings. The van der Waals surface area contributed by atoms with E-state index in [9.17, 15) is 9.59 Å². The van der Waals surface area contributed by atoms with Crippen molar-refractivity contribution < 1.29 is 14.3 Å². The number of carbonyl (C=O) groups excluding carboxylic acids is 1. The summed E-state index contributed by atoms with van der Waals surface area (Å²) in [5, 5.41) is 3.28. The molecular formula is C20H21N3O4S. The van der Waals surface area contributed by atoms with Crippen molar-refractivity contribution in [1.29, 1.82) is 0 Å². The number of piperidine rings is 1. The van der Waals surface area contributed by atoms with Gasteiger partial charge in [-0.2, -0.15) is 0 Å². The van der Waals surface area contributed by atoms with Crippen LogP contribution in [0, 0.1) is 0 Å². The predicted octanol–water partition coefficient (Wildman–Crippen LogP) is 3.09. The number of nitrogens with zero attached hydrogens (tertiary/aromatic N) is 3. The Kier molecular flexibility index (Phi) is 5.04. The molecule has 1 aliphatic heterocycles. The summed E-state index contributed by atoms with van der Waals surface area (Å²) < 4.78 is 12.2. The van der Waals surface area contributed by atoms with Crippen molar-refractivity contribution in [3.8, 4) is 16.6 Å². The molecule has 146 valence electrons. The van der Waals surface area contributed by atoms with Crippen LogP contribution in [0.1, 0.15) is 29.6 Å². The van der Waals surface area contributed by atoms with Crippen LogP contribution < -0.4 is 15.0 Å². The van der Waals surface area contributed by atoms with Gasteiger partial charge >= 0.3 is 0 Å². The van der Waals surface area contributed by atoms with Crippen LogP contribution in [0.4, 0.5) is 0 Å². The van der Waals surface area contributed by atoms with E-state index < -0.39 is 0 Å². The minimum Gasteiger partial charge on any atom is -0.493 e. The number of thiazole rings is 1. The van der Waals surface area contributed by atoms with E-state index in [1.54, 1.807) is 29.9 Å². The van der Waals surface area contributed by atoms with Gasteiger partial charge in [-0.25, -0.2) is 4.98 Å². The summed E-state index contributed by atoms with van der Waals surface area (Å²) in [6.07, 6.45) is 6.36. The predicted molar refractivity (Wildman–Crippen MR) is 108 cm³/mol. The maximum Gasteiger partial charge on any atom is 0.264 e. The lowest BCUT2D eigenvalue weighted by Gasteiger charge is -2.27. The molecule has 3 heterocycles. The maximum absolute atomic E-state index is 13.3. The number of hydrogen-bond donors (Lipinski definition) is 0. The van der Waals surface area contributed by atoms with Crippen LogP contribution in [-0.2, 0) is 0 Å². The lowest BCUT2D eigenvalue weighted by molar-refractivity contribution is 0.0725. The largest absolute Gasteiger partial charge is 0.493 e. The molecule has 1 saturated heterocycles. The second-order valence-corrected chi connectivity index (χ2v) is 7.51. The third-order valence-corrected chi connectivity index (χ3v) is 5.79. The van der Waals surface area contributed by atoms with Gasteiger partial charge in [-0.05, 0) is 31.4 Å². The van der Waals surface area contributed by atoms with Gasteiger partial charge in [0.2, 0.25) is 0 Å². The van der Waals surface area contributed by atoms with Gasteiger partial charge in [0.15, 0.2) is 16.6 Å². The summed E-state index contributed by atoms with van der Waals surface area (Å²) in [6.45, 7) is 1.45. The Morgan fingerprint density at radius 1 is 1.07 bits per heavy atom. The van der Waals surface area contributed by atoms with Crippen LogP contribution in [0.15, 0.2) is 34.7 Å². The molecule has 0 unspecified atom stereocenters. The molecule has 1 aromatic carbocycles. The van der Waals surface area contributed by atoms with E-state index in [0.717, 1.165) is 32.4 Å². The number of fused-ring (bicyclic) bond motifs is 1. The number of likely N-dealkylation sites (tertiary alicyclic amines) is 1. The number of ether oxygens (including phenoxy) is 2. The Hall–Kier alpha value is -2.87. The third kappa shape index (κ3) is 3.13. The van der Waals surface area contributed by atoms with Gasteiger partial charge in [-0.1, -0.05) is 0 Å². The molecule has 2 aromatic heterocycles. The molecule has 1 fully saturated rings. The number of benzene rings is 1.